The van der Waals surface area contributed by atoms with Crippen molar-refractivity contribution in [2.45, 2.75) is 97.6 Å². The lowest BCUT2D eigenvalue weighted by Gasteiger charge is -2.47. The highest BCUT2D eigenvalue weighted by Crippen LogP contribution is 2.50. The molecule has 124 valence electrons. The van der Waals surface area contributed by atoms with E-state index in [2.05, 4.69) is 43.9 Å². The SMILES string of the molecule is CC1CCC(C(C)(C)CC(C)(P)C2CCC(C)CC2)CC1. The van der Waals surface area contributed by atoms with E-state index in [1.807, 2.05) is 0 Å². The molecule has 2 unspecified atom stereocenters. The van der Waals surface area contributed by atoms with Gasteiger partial charge in [-0.15, -0.1) is 9.24 Å². The van der Waals surface area contributed by atoms with Crippen molar-refractivity contribution in [3.8, 4) is 0 Å². The molecule has 0 bridgehead atoms. The molecule has 21 heavy (non-hydrogen) atoms. The Kier molecular flexibility index (Phi) is 5.84. The molecule has 0 saturated heterocycles. The van der Waals surface area contributed by atoms with Crippen LogP contribution < -0.4 is 0 Å². The van der Waals surface area contributed by atoms with E-state index < -0.39 is 0 Å². The first-order valence-corrected chi connectivity index (χ1v) is 10.1. The standard InChI is InChI=1S/C20H39P/c1-15-6-10-17(11-7-15)19(3,4)14-20(5,21)18-12-8-16(2)9-13-18/h15-18H,6-14,21H2,1-5H3. The van der Waals surface area contributed by atoms with Crippen molar-refractivity contribution in [3.05, 3.63) is 0 Å². The third-order valence-electron chi connectivity index (χ3n) is 6.91. The average molecular weight is 311 g/mol. The zero-order chi connectivity index (χ0) is 15.7. The maximum absolute atomic E-state index is 3.28. The summed E-state index contributed by atoms with van der Waals surface area (Å²) in [7, 11) is 3.28. The van der Waals surface area contributed by atoms with Crippen molar-refractivity contribution in [3.63, 3.8) is 0 Å². The smallest absolute Gasteiger partial charge is 0.0145 e. The van der Waals surface area contributed by atoms with Gasteiger partial charge in [-0.2, -0.15) is 0 Å². The molecule has 2 atom stereocenters. The molecule has 2 aliphatic carbocycles. The molecule has 0 heterocycles. The van der Waals surface area contributed by atoms with Gasteiger partial charge < -0.3 is 0 Å². The summed E-state index contributed by atoms with van der Waals surface area (Å²) in [6.07, 6.45) is 13.1. The lowest BCUT2D eigenvalue weighted by atomic mass is 9.63. The van der Waals surface area contributed by atoms with Crippen molar-refractivity contribution in [2.75, 3.05) is 0 Å². The largest absolute Gasteiger partial charge is 0.131 e. The second-order valence-electron chi connectivity index (χ2n) is 9.58. The summed E-state index contributed by atoms with van der Waals surface area (Å²) in [5.41, 5.74) is 0.514. The quantitative estimate of drug-likeness (QED) is 0.507. The van der Waals surface area contributed by atoms with Crippen LogP contribution in [0.5, 0.6) is 0 Å². The maximum Gasteiger partial charge on any atom is -0.0145 e. The number of rotatable bonds is 4. The van der Waals surface area contributed by atoms with Crippen LogP contribution in [0.25, 0.3) is 0 Å². The first-order valence-electron chi connectivity index (χ1n) is 9.49. The van der Waals surface area contributed by atoms with Gasteiger partial charge in [-0.1, -0.05) is 60.3 Å². The molecule has 0 spiro atoms. The minimum absolute atomic E-state index is 0.451. The van der Waals surface area contributed by atoms with Crippen LogP contribution in [0, 0.1) is 29.1 Å². The summed E-state index contributed by atoms with van der Waals surface area (Å²) in [5.74, 6) is 3.82. The summed E-state index contributed by atoms with van der Waals surface area (Å²) in [6, 6.07) is 0. The zero-order valence-electron chi connectivity index (χ0n) is 15.3. The normalized spacial score (nSPS) is 38.0. The Labute approximate surface area is 136 Å². The van der Waals surface area contributed by atoms with Gasteiger partial charge in [-0.05, 0) is 66.3 Å². The van der Waals surface area contributed by atoms with E-state index in [1.54, 1.807) is 0 Å². The molecule has 0 nitrogen and oxygen atoms in total. The summed E-state index contributed by atoms with van der Waals surface area (Å²) in [5, 5.41) is 0.451. The summed E-state index contributed by atoms with van der Waals surface area (Å²) in [4.78, 5) is 0. The Morgan fingerprint density at radius 1 is 0.714 bits per heavy atom. The van der Waals surface area contributed by atoms with Crippen molar-refractivity contribution in [2.24, 2.45) is 29.1 Å². The third kappa shape index (κ3) is 4.70. The van der Waals surface area contributed by atoms with Crippen LogP contribution in [0.2, 0.25) is 0 Å². The maximum atomic E-state index is 3.28. The number of hydrogen-bond acceptors (Lipinski definition) is 0. The fraction of sp³-hybridized carbons (Fsp3) is 1.00. The average Bonchev–Trinajstić information content (AvgIpc) is 2.38. The molecule has 2 aliphatic rings. The lowest BCUT2D eigenvalue weighted by molar-refractivity contribution is 0.0964. The first-order chi connectivity index (χ1) is 9.71. The molecule has 0 aromatic rings. The number of hydrogen-bond donors (Lipinski definition) is 0. The van der Waals surface area contributed by atoms with E-state index in [0.717, 1.165) is 23.7 Å². The van der Waals surface area contributed by atoms with Gasteiger partial charge in [0, 0.05) is 0 Å². The molecule has 2 rings (SSSR count). The van der Waals surface area contributed by atoms with E-state index in [0.29, 0.717) is 10.6 Å². The van der Waals surface area contributed by atoms with Gasteiger partial charge in [0.2, 0.25) is 0 Å². The molecule has 0 amide bonds. The zero-order valence-corrected chi connectivity index (χ0v) is 16.4. The van der Waals surface area contributed by atoms with Crippen LogP contribution in [0.15, 0.2) is 0 Å². The lowest BCUT2D eigenvalue weighted by Crippen LogP contribution is -2.39. The van der Waals surface area contributed by atoms with Crippen LogP contribution in [-0.4, -0.2) is 5.16 Å². The predicted molar refractivity (Wildman–Crippen MR) is 98.8 cm³/mol. The Morgan fingerprint density at radius 2 is 1.10 bits per heavy atom. The van der Waals surface area contributed by atoms with Gasteiger partial charge in [-0.25, -0.2) is 0 Å². The summed E-state index contributed by atoms with van der Waals surface area (Å²) in [6.45, 7) is 12.5. The molecule has 0 radical (unpaired) electrons. The van der Waals surface area contributed by atoms with Crippen LogP contribution in [0.1, 0.15) is 92.4 Å². The minimum Gasteiger partial charge on any atom is -0.131 e. The molecular weight excluding hydrogens is 271 g/mol. The molecule has 0 N–H and O–H groups in total. The summed E-state index contributed by atoms with van der Waals surface area (Å²) >= 11 is 0. The van der Waals surface area contributed by atoms with Gasteiger partial charge in [0.15, 0.2) is 0 Å². The monoisotopic (exact) mass is 310 g/mol. The molecular formula is C20H39P. The van der Waals surface area contributed by atoms with Crippen molar-refractivity contribution in [1.29, 1.82) is 0 Å². The highest BCUT2D eigenvalue weighted by atomic mass is 31.0. The van der Waals surface area contributed by atoms with E-state index in [9.17, 15) is 0 Å². The first kappa shape index (κ1) is 17.8. The van der Waals surface area contributed by atoms with Gasteiger partial charge in [0.1, 0.15) is 0 Å². The molecule has 2 fully saturated rings. The minimum atomic E-state index is 0.451. The second kappa shape index (κ2) is 6.90. The highest BCUT2D eigenvalue weighted by Gasteiger charge is 2.40. The van der Waals surface area contributed by atoms with Crippen LogP contribution in [0.3, 0.4) is 0 Å². The molecule has 1 heteroatoms. The summed E-state index contributed by atoms with van der Waals surface area (Å²) < 4.78 is 0. The Morgan fingerprint density at radius 3 is 1.52 bits per heavy atom. The van der Waals surface area contributed by atoms with E-state index >= 15 is 0 Å². The van der Waals surface area contributed by atoms with Gasteiger partial charge in [-0.3, -0.25) is 0 Å². The molecule has 0 aromatic heterocycles. The Bertz CT molecular complexity index is 283. The van der Waals surface area contributed by atoms with E-state index in [1.165, 1.54) is 57.8 Å². The Hall–Kier alpha value is 0.430. The third-order valence-corrected chi connectivity index (χ3v) is 7.58. The topological polar surface area (TPSA) is 0 Å². The second-order valence-corrected chi connectivity index (χ2v) is 10.9. The van der Waals surface area contributed by atoms with Crippen molar-refractivity contribution >= 4 is 9.24 Å². The van der Waals surface area contributed by atoms with E-state index in [4.69, 9.17) is 0 Å². The van der Waals surface area contributed by atoms with Crippen molar-refractivity contribution < 1.29 is 0 Å². The van der Waals surface area contributed by atoms with Crippen LogP contribution in [-0.2, 0) is 0 Å². The van der Waals surface area contributed by atoms with E-state index in [-0.39, 0.29) is 0 Å². The van der Waals surface area contributed by atoms with Gasteiger partial charge in [0.05, 0.1) is 0 Å². The molecule has 2 saturated carbocycles. The fourth-order valence-electron chi connectivity index (χ4n) is 5.23. The predicted octanol–water partition coefficient (Wildman–Crippen LogP) is 6.69. The van der Waals surface area contributed by atoms with Crippen LogP contribution in [0.4, 0.5) is 0 Å². The van der Waals surface area contributed by atoms with Gasteiger partial charge >= 0.3 is 0 Å². The van der Waals surface area contributed by atoms with Crippen molar-refractivity contribution in [1.82, 2.24) is 0 Å². The van der Waals surface area contributed by atoms with Crippen LogP contribution >= 0.6 is 9.24 Å². The van der Waals surface area contributed by atoms with Gasteiger partial charge in [0.25, 0.3) is 0 Å². The molecule has 0 aromatic carbocycles. The fourth-order valence-corrected chi connectivity index (χ4v) is 6.09. The highest BCUT2D eigenvalue weighted by molar-refractivity contribution is 7.18. The Balaban J connectivity index is 1.94. The molecule has 0 aliphatic heterocycles.